The third kappa shape index (κ3) is 3.52. The number of hydrogen-bond acceptors (Lipinski definition) is 2. The maximum absolute atomic E-state index is 12.7. The van der Waals surface area contributed by atoms with Crippen molar-refractivity contribution >= 4 is 5.91 Å². The lowest BCUT2D eigenvalue weighted by atomic mass is 9.69. The monoisotopic (exact) mass is 300 g/mol. The number of likely N-dealkylation sites (tertiary alicyclic amines) is 1. The molecule has 1 saturated heterocycles. The quantitative estimate of drug-likeness (QED) is 0.932. The fourth-order valence-electron chi connectivity index (χ4n) is 4.30. The molecule has 22 heavy (non-hydrogen) atoms. The van der Waals surface area contributed by atoms with Crippen LogP contribution in [0.3, 0.4) is 0 Å². The summed E-state index contributed by atoms with van der Waals surface area (Å²) in [6, 6.07) is 9.70. The van der Waals surface area contributed by atoms with Crippen molar-refractivity contribution in [1.29, 1.82) is 0 Å². The van der Waals surface area contributed by atoms with Crippen LogP contribution in [0.25, 0.3) is 0 Å². The van der Waals surface area contributed by atoms with Gasteiger partial charge in [-0.15, -0.1) is 0 Å². The molecule has 120 valence electrons. The van der Waals surface area contributed by atoms with E-state index in [1.54, 1.807) is 0 Å². The first kappa shape index (κ1) is 15.5. The summed E-state index contributed by atoms with van der Waals surface area (Å²) in [5.74, 6) is 0.147. The van der Waals surface area contributed by atoms with E-state index in [0.717, 1.165) is 25.1 Å². The van der Waals surface area contributed by atoms with Gasteiger partial charge < -0.3 is 10.6 Å². The number of piperidine rings is 1. The minimum absolute atomic E-state index is 0.147. The number of rotatable bonds is 3. The number of carbonyl (C=O) groups is 1. The number of carbonyl (C=O) groups excluding carboxylic acids is 1. The first-order valence-corrected chi connectivity index (χ1v) is 8.77. The standard InChI is InChI=1S/C19H28N2O/c20-17(14-16-8-3-1-4-9-16)18(22)21-13-7-12-19(15-21)10-5-2-6-11-19/h1,3-4,8-9,17H,2,5-7,10-15,20H2/t17-/m0/s1. The summed E-state index contributed by atoms with van der Waals surface area (Å²) in [6.45, 7) is 1.83. The first-order chi connectivity index (χ1) is 10.7. The normalized spacial score (nSPS) is 22.5. The second-order valence-electron chi connectivity index (χ2n) is 7.22. The topological polar surface area (TPSA) is 46.3 Å². The van der Waals surface area contributed by atoms with Gasteiger partial charge in [0.2, 0.25) is 5.91 Å². The zero-order chi connectivity index (χ0) is 15.4. The van der Waals surface area contributed by atoms with Gasteiger partial charge in [-0.1, -0.05) is 49.6 Å². The summed E-state index contributed by atoms with van der Waals surface area (Å²) in [6.07, 6.45) is 9.70. The molecule has 0 bridgehead atoms. The fourth-order valence-corrected chi connectivity index (χ4v) is 4.30. The van der Waals surface area contributed by atoms with Gasteiger partial charge in [-0.3, -0.25) is 4.79 Å². The van der Waals surface area contributed by atoms with Gasteiger partial charge in [0.05, 0.1) is 6.04 Å². The van der Waals surface area contributed by atoms with Crippen LogP contribution in [0.1, 0.15) is 50.5 Å². The fraction of sp³-hybridized carbons (Fsp3) is 0.632. The molecule has 2 aliphatic rings. The Kier molecular flexibility index (Phi) is 4.82. The number of nitrogens with zero attached hydrogens (tertiary/aromatic N) is 1. The van der Waals surface area contributed by atoms with Crippen molar-refractivity contribution in [3.05, 3.63) is 35.9 Å². The molecule has 2 N–H and O–H groups in total. The first-order valence-electron chi connectivity index (χ1n) is 8.77. The molecule has 1 aliphatic carbocycles. The number of nitrogens with two attached hydrogens (primary N) is 1. The van der Waals surface area contributed by atoms with Crippen LogP contribution in [-0.2, 0) is 11.2 Å². The molecule has 3 rings (SSSR count). The molecule has 1 spiro atoms. The molecule has 2 fully saturated rings. The summed E-state index contributed by atoms with van der Waals surface area (Å²) in [5.41, 5.74) is 7.75. The molecule has 1 aromatic carbocycles. The molecule has 0 aromatic heterocycles. The second-order valence-corrected chi connectivity index (χ2v) is 7.22. The molecular formula is C19H28N2O. The van der Waals surface area contributed by atoms with E-state index in [2.05, 4.69) is 4.90 Å². The molecule has 3 nitrogen and oxygen atoms in total. The lowest BCUT2D eigenvalue weighted by Crippen LogP contribution is -2.52. The summed E-state index contributed by atoms with van der Waals surface area (Å²) < 4.78 is 0. The van der Waals surface area contributed by atoms with Crippen LogP contribution < -0.4 is 5.73 Å². The largest absolute Gasteiger partial charge is 0.341 e. The minimum Gasteiger partial charge on any atom is -0.341 e. The highest BCUT2D eigenvalue weighted by Gasteiger charge is 2.38. The second kappa shape index (κ2) is 6.82. The van der Waals surface area contributed by atoms with Gasteiger partial charge in [-0.05, 0) is 43.1 Å². The van der Waals surface area contributed by atoms with Crippen LogP contribution in [0.15, 0.2) is 30.3 Å². The van der Waals surface area contributed by atoms with E-state index in [1.165, 1.54) is 38.5 Å². The van der Waals surface area contributed by atoms with Gasteiger partial charge >= 0.3 is 0 Å². The van der Waals surface area contributed by atoms with Crippen molar-refractivity contribution in [3.63, 3.8) is 0 Å². The molecule has 1 amide bonds. The average Bonchev–Trinajstić information content (AvgIpc) is 2.56. The van der Waals surface area contributed by atoms with Gasteiger partial charge in [0.1, 0.15) is 0 Å². The highest BCUT2D eigenvalue weighted by Crippen LogP contribution is 2.43. The number of amides is 1. The van der Waals surface area contributed by atoms with Gasteiger partial charge in [0.25, 0.3) is 0 Å². The summed E-state index contributed by atoms with van der Waals surface area (Å²) in [5, 5.41) is 0. The van der Waals surface area contributed by atoms with E-state index >= 15 is 0 Å². The molecule has 1 aliphatic heterocycles. The average molecular weight is 300 g/mol. The van der Waals surface area contributed by atoms with Crippen LogP contribution in [0.4, 0.5) is 0 Å². The zero-order valence-corrected chi connectivity index (χ0v) is 13.5. The van der Waals surface area contributed by atoms with E-state index in [4.69, 9.17) is 5.73 Å². The summed E-state index contributed by atoms with van der Waals surface area (Å²) in [4.78, 5) is 14.8. The highest BCUT2D eigenvalue weighted by atomic mass is 16.2. The van der Waals surface area contributed by atoms with Crippen molar-refractivity contribution < 1.29 is 4.79 Å². The van der Waals surface area contributed by atoms with E-state index < -0.39 is 6.04 Å². The van der Waals surface area contributed by atoms with Gasteiger partial charge in [0.15, 0.2) is 0 Å². The van der Waals surface area contributed by atoms with E-state index in [0.29, 0.717) is 11.8 Å². The summed E-state index contributed by atoms with van der Waals surface area (Å²) in [7, 11) is 0. The lowest BCUT2D eigenvalue weighted by Gasteiger charge is -2.45. The molecule has 0 radical (unpaired) electrons. The van der Waals surface area contributed by atoms with E-state index in [9.17, 15) is 4.79 Å². The predicted molar refractivity (Wildman–Crippen MR) is 89.5 cm³/mol. The van der Waals surface area contributed by atoms with Crippen LogP contribution >= 0.6 is 0 Å². The number of hydrogen-bond donors (Lipinski definition) is 1. The maximum atomic E-state index is 12.7. The number of benzene rings is 1. The smallest absolute Gasteiger partial charge is 0.239 e. The molecule has 0 unspecified atom stereocenters. The highest BCUT2D eigenvalue weighted by molar-refractivity contribution is 5.82. The van der Waals surface area contributed by atoms with E-state index in [1.807, 2.05) is 30.3 Å². The molecule has 3 heteroatoms. The molecule has 1 heterocycles. The Hall–Kier alpha value is -1.35. The zero-order valence-electron chi connectivity index (χ0n) is 13.5. The Morgan fingerprint density at radius 2 is 1.77 bits per heavy atom. The molecule has 1 atom stereocenters. The van der Waals surface area contributed by atoms with Gasteiger partial charge in [-0.25, -0.2) is 0 Å². The maximum Gasteiger partial charge on any atom is 0.239 e. The van der Waals surface area contributed by atoms with Gasteiger partial charge in [-0.2, -0.15) is 0 Å². The van der Waals surface area contributed by atoms with Crippen molar-refractivity contribution in [2.75, 3.05) is 13.1 Å². The van der Waals surface area contributed by atoms with Crippen LogP contribution in [0, 0.1) is 5.41 Å². The molecule has 1 aromatic rings. The Morgan fingerprint density at radius 3 is 2.50 bits per heavy atom. The Labute approximate surface area is 133 Å². The third-order valence-corrected chi connectivity index (χ3v) is 5.50. The van der Waals surface area contributed by atoms with Crippen molar-refractivity contribution in [2.24, 2.45) is 11.1 Å². The van der Waals surface area contributed by atoms with Gasteiger partial charge in [0, 0.05) is 13.1 Å². The van der Waals surface area contributed by atoms with Crippen LogP contribution in [0.5, 0.6) is 0 Å². The van der Waals surface area contributed by atoms with Crippen LogP contribution in [-0.4, -0.2) is 29.9 Å². The predicted octanol–water partition coefficient (Wildman–Crippen LogP) is 3.13. The van der Waals surface area contributed by atoms with Crippen LogP contribution in [0.2, 0.25) is 0 Å². The molecule has 1 saturated carbocycles. The Balaban J connectivity index is 1.61. The lowest BCUT2D eigenvalue weighted by molar-refractivity contribution is -0.136. The Morgan fingerprint density at radius 1 is 1.09 bits per heavy atom. The van der Waals surface area contributed by atoms with Crippen molar-refractivity contribution in [2.45, 2.75) is 57.4 Å². The summed E-state index contributed by atoms with van der Waals surface area (Å²) >= 11 is 0. The molecular weight excluding hydrogens is 272 g/mol. The van der Waals surface area contributed by atoms with Crippen molar-refractivity contribution in [3.8, 4) is 0 Å². The third-order valence-electron chi connectivity index (χ3n) is 5.50. The Bertz CT molecular complexity index is 488. The minimum atomic E-state index is -0.402. The SMILES string of the molecule is N[C@@H](Cc1ccccc1)C(=O)N1CCCC2(CCCCC2)C1. The van der Waals surface area contributed by atoms with E-state index in [-0.39, 0.29) is 5.91 Å². The van der Waals surface area contributed by atoms with Crippen molar-refractivity contribution in [1.82, 2.24) is 4.90 Å².